The predicted octanol–water partition coefficient (Wildman–Crippen LogP) is 4.08. The highest BCUT2D eigenvalue weighted by atomic mass is 79.9. The van der Waals surface area contributed by atoms with Gasteiger partial charge in [-0.15, -0.1) is 0 Å². The molecule has 3 aromatic rings. The van der Waals surface area contributed by atoms with Crippen molar-refractivity contribution in [2.75, 3.05) is 5.32 Å². The number of H-pyrrole nitrogens is 1. The van der Waals surface area contributed by atoms with Gasteiger partial charge < -0.3 is 10.3 Å². The largest absolute Gasteiger partial charge is 0.352 e. The van der Waals surface area contributed by atoms with Gasteiger partial charge in [0.1, 0.15) is 5.82 Å². The Hall–Kier alpha value is -1.88. The summed E-state index contributed by atoms with van der Waals surface area (Å²) in [4.78, 5) is 7.52. The maximum absolute atomic E-state index is 13.7. The van der Waals surface area contributed by atoms with Crippen molar-refractivity contribution in [3.8, 4) is 0 Å². The molecule has 0 aliphatic heterocycles. The van der Waals surface area contributed by atoms with Crippen molar-refractivity contribution in [3.05, 3.63) is 58.3 Å². The monoisotopic (exact) mass is 319 g/mol. The second-order valence-corrected chi connectivity index (χ2v) is 5.11. The Bertz CT molecular complexity index is 691. The van der Waals surface area contributed by atoms with Crippen molar-refractivity contribution >= 4 is 32.9 Å². The van der Waals surface area contributed by atoms with Crippen molar-refractivity contribution in [3.63, 3.8) is 0 Å². The topological polar surface area (TPSA) is 40.7 Å². The summed E-state index contributed by atoms with van der Waals surface area (Å²) in [5.74, 6) is 0.404. The third kappa shape index (κ3) is 2.61. The Morgan fingerprint density at radius 2 is 2.05 bits per heavy atom. The van der Waals surface area contributed by atoms with Crippen LogP contribution in [0.2, 0.25) is 0 Å². The minimum absolute atomic E-state index is 0.238. The predicted molar refractivity (Wildman–Crippen MR) is 77.5 cm³/mol. The molecule has 0 aliphatic rings. The van der Waals surface area contributed by atoms with E-state index in [1.54, 1.807) is 6.07 Å². The normalized spacial score (nSPS) is 10.8. The van der Waals surface area contributed by atoms with Crippen LogP contribution in [0.1, 0.15) is 5.56 Å². The molecule has 1 heterocycles. The fraction of sp³-hybridized carbons (Fsp3) is 0.0714. The van der Waals surface area contributed by atoms with Gasteiger partial charge in [0.2, 0.25) is 5.95 Å². The zero-order valence-electron chi connectivity index (χ0n) is 9.95. The second kappa shape index (κ2) is 5.01. The molecule has 0 fully saturated rings. The van der Waals surface area contributed by atoms with Gasteiger partial charge in [-0.3, -0.25) is 0 Å². The Labute approximate surface area is 118 Å². The number of hydrogen-bond donors (Lipinski definition) is 2. The number of rotatable bonds is 3. The quantitative estimate of drug-likeness (QED) is 0.763. The van der Waals surface area contributed by atoms with Gasteiger partial charge in [-0.25, -0.2) is 9.37 Å². The molecule has 19 heavy (non-hydrogen) atoms. The summed E-state index contributed by atoms with van der Waals surface area (Å²) in [6.45, 7) is 0.388. The zero-order valence-corrected chi connectivity index (χ0v) is 11.5. The van der Waals surface area contributed by atoms with E-state index in [1.807, 2.05) is 30.3 Å². The lowest BCUT2D eigenvalue weighted by molar-refractivity contribution is 0.612. The highest BCUT2D eigenvalue weighted by Crippen LogP contribution is 2.17. The molecule has 2 N–H and O–H groups in total. The standard InChI is InChI=1S/C14H11BrFN3/c15-10-6-5-9(11(16)7-10)8-17-14-18-12-3-1-2-4-13(12)19-14/h1-7H,8H2,(H2,17,18,19). The van der Waals surface area contributed by atoms with Gasteiger partial charge in [0.05, 0.1) is 11.0 Å². The van der Waals surface area contributed by atoms with Crippen molar-refractivity contribution in [2.45, 2.75) is 6.54 Å². The van der Waals surface area contributed by atoms with E-state index in [4.69, 9.17) is 0 Å². The number of para-hydroxylation sites is 2. The van der Waals surface area contributed by atoms with E-state index >= 15 is 0 Å². The number of fused-ring (bicyclic) bond motifs is 1. The Balaban J connectivity index is 1.78. The summed E-state index contributed by atoms with van der Waals surface area (Å²) in [5.41, 5.74) is 2.45. The Morgan fingerprint density at radius 1 is 1.21 bits per heavy atom. The van der Waals surface area contributed by atoms with Gasteiger partial charge >= 0.3 is 0 Å². The van der Waals surface area contributed by atoms with E-state index in [0.717, 1.165) is 15.5 Å². The van der Waals surface area contributed by atoms with E-state index in [1.165, 1.54) is 6.07 Å². The molecular formula is C14H11BrFN3. The number of aromatic amines is 1. The van der Waals surface area contributed by atoms with Crippen LogP contribution in [0.4, 0.5) is 10.3 Å². The number of nitrogens with zero attached hydrogens (tertiary/aromatic N) is 1. The van der Waals surface area contributed by atoms with Crippen LogP contribution < -0.4 is 5.32 Å². The summed E-state index contributed by atoms with van der Waals surface area (Å²) in [5, 5.41) is 3.09. The lowest BCUT2D eigenvalue weighted by Gasteiger charge is -2.04. The molecule has 3 nitrogen and oxygen atoms in total. The Morgan fingerprint density at radius 3 is 2.84 bits per heavy atom. The number of imidazole rings is 1. The molecule has 0 saturated heterocycles. The molecule has 96 valence electrons. The molecule has 0 unspecified atom stereocenters. The minimum atomic E-state index is -0.238. The van der Waals surface area contributed by atoms with Gasteiger partial charge in [0.15, 0.2) is 0 Å². The first-order valence-corrected chi connectivity index (χ1v) is 6.64. The van der Waals surface area contributed by atoms with Gasteiger partial charge in [-0.05, 0) is 24.3 Å². The molecule has 1 aromatic heterocycles. The second-order valence-electron chi connectivity index (χ2n) is 4.19. The van der Waals surface area contributed by atoms with Crippen molar-refractivity contribution in [2.24, 2.45) is 0 Å². The summed E-state index contributed by atoms with van der Waals surface area (Å²) < 4.78 is 14.4. The van der Waals surface area contributed by atoms with Crippen LogP contribution in [0.15, 0.2) is 46.9 Å². The summed E-state index contributed by atoms with van der Waals surface area (Å²) in [7, 11) is 0. The fourth-order valence-corrected chi connectivity index (χ4v) is 2.21. The smallest absolute Gasteiger partial charge is 0.201 e. The third-order valence-corrected chi connectivity index (χ3v) is 3.34. The van der Waals surface area contributed by atoms with Gasteiger partial charge in [-0.1, -0.05) is 34.1 Å². The average molecular weight is 320 g/mol. The maximum Gasteiger partial charge on any atom is 0.201 e. The molecule has 0 amide bonds. The van der Waals surface area contributed by atoms with Crippen LogP contribution in [0.25, 0.3) is 11.0 Å². The third-order valence-electron chi connectivity index (χ3n) is 2.85. The molecular weight excluding hydrogens is 309 g/mol. The lowest BCUT2D eigenvalue weighted by atomic mass is 10.2. The number of aromatic nitrogens is 2. The minimum Gasteiger partial charge on any atom is -0.352 e. The van der Waals surface area contributed by atoms with Gasteiger partial charge in [0, 0.05) is 16.6 Å². The zero-order chi connectivity index (χ0) is 13.2. The lowest BCUT2D eigenvalue weighted by Crippen LogP contribution is -2.02. The van der Waals surface area contributed by atoms with Crippen molar-refractivity contribution in [1.29, 1.82) is 0 Å². The van der Waals surface area contributed by atoms with Crippen molar-refractivity contribution in [1.82, 2.24) is 9.97 Å². The SMILES string of the molecule is Fc1cc(Br)ccc1CNc1nc2ccccc2[nH]1. The molecule has 0 saturated carbocycles. The van der Waals surface area contributed by atoms with E-state index < -0.39 is 0 Å². The number of anilines is 1. The molecule has 2 aromatic carbocycles. The fourth-order valence-electron chi connectivity index (χ4n) is 1.88. The summed E-state index contributed by atoms with van der Waals surface area (Å²) in [6.07, 6.45) is 0. The summed E-state index contributed by atoms with van der Waals surface area (Å²) >= 11 is 3.24. The molecule has 0 bridgehead atoms. The number of halogens is 2. The van der Waals surface area contributed by atoms with Crippen LogP contribution in [-0.2, 0) is 6.54 Å². The van der Waals surface area contributed by atoms with Crippen LogP contribution in [0, 0.1) is 5.82 Å². The first-order chi connectivity index (χ1) is 9.22. The molecule has 3 rings (SSSR count). The van der Waals surface area contributed by atoms with Crippen molar-refractivity contribution < 1.29 is 4.39 Å². The highest BCUT2D eigenvalue weighted by molar-refractivity contribution is 9.10. The maximum atomic E-state index is 13.7. The number of benzene rings is 2. The molecule has 0 radical (unpaired) electrons. The van der Waals surface area contributed by atoms with E-state index in [2.05, 4.69) is 31.2 Å². The van der Waals surface area contributed by atoms with E-state index in [9.17, 15) is 4.39 Å². The summed E-state index contributed by atoms with van der Waals surface area (Å²) in [6, 6.07) is 12.8. The van der Waals surface area contributed by atoms with E-state index in [0.29, 0.717) is 18.1 Å². The van der Waals surface area contributed by atoms with Gasteiger partial charge in [-0.2, -0.15) is 0 Å². The molecule has 0 spiro atoms. The molecule has 5 heteroatoms. The van der Waals surface area contributed by atoms with Crippen LogP contribution >= 0.6 is 15.9 Å². The first kappa shape index (κ1) is 12.2. The molecule has 0 atom stereocenters. The highest BCUT2D eigenvalue weighted by Gasteiger charge is 2.05. The average Bonchev–Trinajstić information content (AvgIpc) is 2.80. The van der Waals surface area contributed by atoms with Gasteiger partial charge in [0.25, 0.3) is 0 Å². The van der Waals surface area contributed by atoms with Crippen LogP contribution in [0.3, 0.4) is 0 Å². The first-order valence-electron chi connectivity index (χ1n) is 5.85. The number of hydrogen-bond acceptors (Lipinski definition) is 2. The van der Waals surface area contributed by atoms with Crippen LogP contribution in [-0.4, -0.2) is 9.97 Å². The Kier molecular flexibility index (Phi) is 3.21. The van der Waals surface area contributed by atoms with Crippen LogP contribution in [0.5, 0.6) is 0 Å². The molecule has 0 aliphatic carbocycles. The number of nitrogens with one attached hydrogen (secondary N) is 2. The van der Waals surface area contributed by atoms with E-state index in [-0.39, 0.29) is 5.82 Å².